The smallest absolute Gasteiger partial charge is 0.340 e. The molecule has 7 heteroatoms. The predicted molar refractivity (Wildman–Crippen MR) is 91.2 cm³/mol. The average Bonchev–Trinajstić information content (AvgIpc) is 2.88. The van der Waals surface area contributed by atoms with Gasteiger partial charge < -0.3 is 15.2 Å². The Morgan fingerprint density at radius 2 is 1.75 bits per heavy atom. The van der Waals surface area contributed by atoms with Crippen molar-refractivity contribution in [1.29, 1.82) is 0 Å². The first-order chi connectivity index (χ1) is 11.2. The molecule has 130 valence electrons. The summed E-state index contributed by atoms with van der Waals surface area (Å²) < 4.78 is 4.72. The first-order valence-electron chi connectivity index (χ1n) is 7.62. The van der Waals surface area contributed by atoms with Crippen LogP contribution in [0.4, 0.5) is 5.00 Å². The number of carboxylic acids is 1. The standard InChI is InChI=1S/C17H21NO5S/c1-8-5-11(12(16(20)21)6-9(8)2)14(19)18-15-13(17(22)23-4)7-10(3)24-15/h7,11-12H,5-6H2,1-4H3,(H,18,19)(H,20,21)/t11-,12+/m0/s1. The Morgan fingerprint density at radius 1 is 1.17 bits per heavy atom. The Balaban J connectivity index is 2.26. The van der Waals surface area contributed by atoms with E-state index >= 15 is 0 Å². The van der Waals surface area contributed by atoms with Crippen LogP contribution >= 0.6 is 11.3 Å². The van der Waals surface area contributed by atoms with E-state index in [4.69, 9.17) is 4.74 Å². The SMILES string of the molecule is COC(=O)c1cc(C)sc1NC(=O)[C@H]1CC(C)=C(C)C[C@H]1C(=O)O. The summed E-state index contributed by atoms with van der Waals surface area (Å²) in [7, 11) is 1.28. The predicted octanol–water partition coefficient (Wildman–Crippen LogP) is 3.23. The number of esters is 1. The monoisotopic (exact) mass is 351 g/mol. The highest BCUT2D eigenvalue weighted by molar-refractivity contribution is 7.16. The Bertz CT molecular complexity index is 719. The molecule has 24 heavy (non-hydrogen) atoms. The normalized spacial score (nSPS) is 20.7. The molecule has 2 rings (SSSR count). The van der Waals surface area contributed by atoms with Crippen LogP contribution in [0.3, 0.4) is 0 Å². The molecule has 0 radical (unpaired) electrons. The molecule has 0 unspecified atom stereocenters. The van der Waals surface area contributed by atoms with Gasteiger partial charge in [0, 0.05) is 4.88 Å². The number of thiophene rings is 1. The molecule has 6 nitrogen and oxygen atoms in total. The fourth-order valence-electron chi connectivity index (χ4n) is 2.90. The highest BCUT2D eigenvalue weighted by Gasteiger charge is 2.37. The van der Waals surface area contributed by atoms with Crippen molar-refractivity contribution in [3.05, 3.63) is 27.7 Å². The van der Waals surface area contributed by atoms with Gasteiger partial charge in [-0.05, 0) is 39.7 Å². The van der Waals surface area contributed by atoms with E-state index in [-0.39, 0.29) is 5.91 Å². The van der Waals surface area contributed by atoms with Gasteiger partial charge in [-0.15, -0.1) is 11.3 Å². The lowest BCUT2D eigenvalue weighted by Crippen LogP contribution is -2.36. The van der Waals surface area contributed by atoms with E-state index in [1.54, 1.807) is 6.07 Å². The Kier molecular flexibility index (Phi) is 5.43. The molecule has 0 saturated carbocycles. The van der Waals surface area contributed by atoms with Gasteiger partial charge in [0.2, 0.25) is 5.91 Å². The lowest BCUT2D eigenvalue weighted by Gasteiger charge is -2.29. The first-order valence-corrected chi connectivity index (χ1v) is 8.43. The van der Waals surface area contributed by atoms with Crippen LogP contribution in [0.25, 0.3) is 0 Å². The zero-order valence-electron chi connectivity index (χ0n) is 14.1. The summed E-state index contributed by atoms with van der Waals surface area (Å²) in [5.74, 6) is -3.28. The van der Waals surface area contributed by atoms with Crippen LogP contribution in [0.1, 0.15) is 41.9 Å². The summed E-state index contributed by atoms with van der Waals surface area (Å²) in [6.45, 7) is 5.64. The number of anilines is 1. The Morgan fingerprint density at radius 3 is 2.29 bits per heavy atom. The lowest BCUT2D eigenvalue weighted by atomic mass is 9.76. The number of ether oxygens (including phenoxy) is 1. The third-order valence-corrected chi connectivity index (χ3v) is 5.38. The van der Waals surface area contributed by atoms with E-state index < -0.39 is 23.8 Å². The summed E-state index contributed by atoms with van der Waals surface area (Å²) in [5.41, 5.74) is 2.36. The summed E-state index contributed by atoms with van der Waals surface area (Å²) in [6, 6.07) is 1.65. The topological polar surface area (TPSA) is 92.7 Å². The third kappa shape index (κ3) is 3.67. The van der Waals surface area contributed by atoms with Crippen molar-refractivity contribution < 1.29 is 24.2 Å². The number of carboxylic acid groups (broad SMARTS) is 1. The van der Waals surface area contributed by atoms with Gasteiger partial charge in [-0.3, -0.25) is 9.59 Å². The van der Waals surface area contributed by atoms with Gasteiger partial charge >= 0.3 is 11.9 Å². The number of nitrogens with one attached hydrogen (secondary N) is 1. The highest BCUT2D eigenvalue weighted by atomic mass is 32.1. The van der Waals surface area contributed by atoms with E-state index in [1.165, 1.54) is 18.4 Å². The number of carbonyl (C=O) groups is 3. The van der Waals surface area contributed by atoms with Crippen LogP contribution in [-0.2, 0) is 14.3 Å². The van der Waals surface area contributed by atoms with Crippen LogP contribution in [-0.4, -0.2) is 30.1 Å². The lowest BCUT2D eigenvalue weighted by molar-refractivity contribution is -0.146. The minimum atomic E-state index is -0.974. The number of aryl methyl sites for hydroxylation is 1. The molecule has 0 bridgehead atoms. The molecule has 0 spiro atoms. The summed E-state index contributed by atoms with van der Waals surface area (Å²) in [6.07, 6.45) is 0.777. The summed E-state index contributed by atoms with van der Waals surface area (Å²) >= 11 is 1.27. The molecule has 1 heterocycles. The number of allylic oxidation sites excluding steroid dienone is 2. The molecule has 1 aliphatic carbocycles. The van der Waals surface area contributed by atoms with E-state index in [0.717, 1.165) is 16.0 Å². The van der Waals surface area contributed by atoms with E-state index in [0.29, 0.717) is 23.4 Å². The van der Waals surface area contributed by atoms with Crippen molar-refractivity contribution in [2.75, 3.05) is 12.4 Å². The molecule has 0 fully saturated rings. The van der Waals surface area contributed by atoms with Crippen LogP contribution in [0, 0.1) is 18.8 Å². The first kappa shape index (κ1) is 18.2. The summed E-state index contributed by atoms with van der Waals surface area (Å²) in [4.78, 5) is 36.9. The second-order valence-corrected chi connectivity index (χ2v) is 7.36. The molecular formula is C17H21NO5S. The van der Waals surface area contributed by atoms with Crippen molar-refractivity contribution in [3.63, 3.8) is 0 Å². The summed E-state index contributed by atoms with van der Waals surface area (Å²) in [5, 5.41) is 12.6. The van der Waals surface area contributed by atoms with Gasteiger partial charge in [-0.2, -0.15) is 0 Å². The fraction of sp³-hybridized carbons (Fsp3) is 0.471. The molecule has 1 aromatic rings. The van der Waals surface area contributed by atoms with Gasteiger partial charge in [-0.25, -0.2) is 4.79 Å². The Hall–Kier alpha value is -2.15. The number of rotatable bonds is 4. The molecule has 2 atom stereocenters. The van der Waals surface area contributed by atoms with Crippen LogP contribution in [0.5, 0.6) is 0 Å². The molecule has 0 aromatic carbocycles. The van der Waals surface area contributed by atoms with Gasteiger partial charge in [-0.1, -0.05) is 11.1 Å². The fourth-order valence-corrected chi connectivity index (χ4v) is 3.80. The second-order valence-electron chi connectivity index (χ2n) is 6.10. The number of amides is 1. The zero-order chi connectivity index (χ0) is 18.0. The average molecular weight is 351 g/mol. The molecule has 0 aliphatic heterocycles. The molecule has 2 N–H and O–H groups in total. The minimum Gasteiger partial charge on any atom is -0.481 e. The maximum absolute atomic E-state index is 12.7. The number of hydrogen-bond acceptors (Lipinski definition) is 5. The van der Waals surface area contributed by atoms with Gasteiger partial charge in [0.1, 0.15) is 5.00 Å². The number of methoxy groups -OCH3 is 1. The van der Waals surface area contributed by atoms with Crippen LogP contribution in [0.15, 0.2) is 17.2 Å². The van der Waals surface area contributed by atoms with Crippen molar-refractivity contribution >= 4 is 34.2 Å². The van der Waals surface area contributed by atoms with Gasteiger partial charge in [0.05, 0.1) is 24.5 Å². The van der Waals surface area contributed by atoms with Gasteiger partial charge in [0.25, 0.3) is 0 Å². The molecule has 0 saturated heterocycles. The van der Waals surface area contributed by atoms with Gasteiger partial charge in [0.15, 0.2) is 0 Å². The maximum atomic E-state index is 12.7. The van der Waals surface area contributed by atoms with Crippen molar-refractivity contribution in [3.8, 4) is 0 Å². The van der Waals surface area contributed by atoms with E-state index in [1.807, 2.05) is 20.8 Å². The molecule has 1 amide bonds. The minimum absolute atomic E-state index is 0.291. The zero-order valence-corrected chi connectivity index (χ0v) is 15.0. The second kappa shape index (κ2) is 7.17. The molecule has 1 aliphatic rings. The Labute approximate surface area is 144 Å². The third-order valence-electron chi connectivity index (χ3n) is 4.42. The maximum Gasteiger partial charge on any atom is 0.340 e. The number of hydrogen-bond donors (Lipinski definition) is 2. The van der Waals surface area contributed by atoms with Crippen molar-refractivity contribution in [2.45, 2.75) is 33.6 Å². The van der Waals surface area contributed by atoms with Crippen LogP contribution in [0.2, 0.25) is 0 Å². The number of carbonyl (C=O) groups excluding carboxylic acids is 2. The van der Waals surface area contributed by atoms with Crippen molar-refractivity contribution in [2.24, 2.45) is 11.8 Å². The molecular weight excluding hydrogens is 330 g/mol. The quantitative estimate of drug-likeness (QED) is 0.642. The number of aliphatic carboxylic acids is 1. The largest absolute Gasteiger partial charge is 0.481 e. The van der Waals surface area contributed by atoms with E-state index in [9.17, 15) is 19.5 Å². The van der Waals surface area contributed by atoms with Crippen molar-refractivity contribution in [1.82, 2.24) is 0 Å². The molecule has 1 aromatic heterocycles. The highest BCUT2D eigenvalue weighted by Crippen LogP contribution is 2.36. The van der Waals surface area contributed by atoms with Crippen LogP contribution < -0.4 is 5.32 Å². The van der Waals surface area contributed by atoms with E-state index in [2.05, 4.69) is 5.32 Å².